The van der Waals surface area contributed by atoms with Crippen LogP contribution in [0.3, 0.4) is 0 Å². The third-order valence-electron chi connectivity index (χ3n) is 4.52. The zero-order valence-corrected chi connectivity index (χ0v) is 12.7. The maximum atomic E-state index is 12.4. The Hall–Kier alpha value is -0.870. The smallest absolute Gasteiger partial charge is 0.261 e. The molecule has 3 rings (SSSR count). The van der Waals surface area contributed by atoms with E-state index < -0.39 is 0 Å². The third kappa shape index (κ3) is 3.07. The first-order chi connectivity index (χ1) is 9.74. The minimum atomic E-state index is -0.370. The average Bonchev–Trinajstić information content (AvgIpc) is 2.73. The molecule has 1 aromatic heterocycles. The molecule has 0 aliphatic heterocycles. The van der Waals surface area contributed by atoms with Crippen LogP contribution in [-0.4, -0.2) is 23.2 Å². The molecule has 2 N–H and O–H groups in total. The van der Waals surface area contributed by atoms with Crippen molar-refractivity contribution in [2.75, 3.05) is 0 Å². The van der Waals surface area contributed by atoms with Crippen LogP contribution in [0.1, 0.15) is 65.1 Å². The molecule has 0 aromatic carbocycles. The fourth-order valence-corrected chi connectivity index (χ4v) is 4.46. The van der Waals surface area contributed by atoms with E-state index in [1.54, 1.807) is 11.3 Å². The molecule has 110 valence electrons. The normalized spacial score (nSPS) is 26.6. The van der Waals surface area contributed by atoms with Gasteiger partial charge in [0.1, 0.15) is 0 Å². The number of hydrogen-bond acceptors (Lipinski definition) is 3. The van der Waals surface area contributed by atoms with Crippen molar-refractivity contribution in [1.29, 1.82) is 0 Å². The molecule has 2 aliphatic rings. The Morgan fingerprint density at radius 2 is 1.95 bits per heavy atom. The highest BCUT2D eigenvalue weighted by Gasteiger charge is 2.26. The van der Waals surface area contributed by atoms with Gasteiger partial charge in [-0.25, -0.2) is 0 Å². The largest absolute Gasteiger partial charge is 0.391 e. The van der Waals surface area contributed by atoms with E-state index in [4.69, 9.17) is 0 Å². The first-order valence-electron chi connectivity index (χ1n) is 7.84. The highest BCUT2D eigenvalue weighted by Crippen LogP contribution is 2.29. The molecule has 0 spiro atoms. The standard InChI is InChI=1S/C16H23NO2S/c18-13-8-5-4-7-12(13)17-16(19)15-10-11-6-2-1-3-9-14(11)20-15/h10,12-13,18H,1-9H2,(H,17,19)/t12-,13-/m1/s1. The summed E-state index contributed by atoms with van der Waals surface area (Å²) in [6, 6.07) is 2.02. The molecule has 1 aromatic rings. The Balaban J connectivity index is 1.68. The Morgan fingerprint density at radius 3 is 2.80 bits per heavy atom. The molecule has 1 fully saturated rings. The van der Waals surface area contributed by atoms with Crippen LogP contribution < -0.4 is 5.32 Å². The Morgan fingerprint density at radius 1 is 1.15 bits per heavy atom. The van der Waals surface area contributed by atoms with Crippen molar-refractivity contribution in [3.05, 3.63) is 21.4 Å². The molecular formula is C16H23NO2S. The predicted octanol–water partition coefficient (Wildman–Crippen LogP) is 3.05. The first kappa shape index (κ1) is 14.1. The van der Waals surface area contributed by atoms with Gasteiger partial charge >= 0.3 is 0 Å². The minimum absolute atomic E-state index is 0.00836. The van der Waals surface area contributed by atoms with Crippen molar-refractivity contribution >= 4 is 17.2 Å². The van der Waals surface area contributed by atoms with Gasteiger partial charge in [0, 0.05) is 4.88 Å². The molecule has 20 heavy (non-hydrogen) atoms. The number of carbonyl (C=O) groups is 1. The SMILES string of the molecule is O=C(N[C@@H]1CCCC[C@H]1O)c1cc2c(s1)CCCCC2. The van der Waals surface area contributed by atoms with Gasteiger partial charge in [-0.05, 0) is 50.2 Å². The molecule has 1 saturated carbocycles. The van der Waals surface area contributed by atoms with E-state index in [0.717, 1.165) is 43.4 Å². The molecule has 1 amide bonds. The predicted molar refractivity (Wildman–Crippen MR) is 81.3 cm³/mol. The Kier molecular flexibility index (Phi) is 4.41. The zero-order chi connectivity index (χ0) is 13.9. The number of carbonyl (C=O) groups excluding carboxylic acids is 1. The van der Waals surface area contributed by atoms with Crippen LogP contribution >= 0.6 is 11.3 Å². The van der Waals surface area contributed by atoms with Crippen LogP contribution in [0.5, 0.6) is 0 Å². The number of nitrogens with one attached hydrogen (secondary N) is 1. The van der Waals surface area contributed by atoms with Crippen molar-refractivity contribution in [3.63, 3.8) is 0 Å². The number of hydrogen-bond donors (Lipinski definition) is 2. The van der Waals surface area contributed by atoms with E-state index in [2.05, 4.69) is 11.4 Å². The highest BCUT2D eigenvalue weighted by molar-refractivity contribution is 7.14. The second-order valence-corrected chi connectivity index (χ2v) is 7.19. The summed E-state index contributed by atoms with van der Waals surface area (Å²) < 4.78 is 0. The van der Waals surface area contributed by atoms with Crippen molar-refractivity contribution in [2.24, 2.45) is 0 Å². The number of thiophene rings is 1. The lowest BCUT2D eigenvalue weighted by atomic mass is 9.92. The third-order valence-corrected chi connectivity index (χ3v) is 5.75. The summed E-state index contributed by atoms with van der Waals surface area (Å²) in [5, 5.41) is 13.0. The Labute approximate surface area is 124 Å². The maximum Gasteiger partial charge on any atom is 0.261 e. The van der Waals surface area contributed by atoms with E-state index in [-0.39, 0.29) is 18.1 Å². The number of amides is 1. The maximum absolute atomic E-state index is 12.4. The topological polar surface area (TPSA) is 49.3 Å². The van der Waals surface area contributed by atoms with Crippen LogP contribution in [0.2, 0.25) is 0 Å². The van der Waals surface area contributed by atoms with Gasteiger partial charge in [-0.3, -0.25) is 4.79 Å². The molecule has 0 radical (unpaired) electrons. The molecule has 4 heteroatoms. The van der Waals surface area contributed by atoms with Crippen LogP contribution in [0.25, 0.3) is 0 Å². The summed E-state index contributed by atoms with van der Waals surface area (Å²) in [6.45, 7) is 0. The van der Waals surface area contributed by atoms with Gasteiger partial charge in [0.05, 0.1) is 17.0 Å². The summed E-state index contributed by atoms with van der Waals surface area (Å²) in [4.78, 5) is 14.6. The quantitative estimate of drug-likeness (QED) is 0.823. The van der Waals surface area contributed by atoms with Crippen molar-refractivity contribution in [2.45, 2.75) is 69.9 Å². The van der Waals surface area contributed by atoms with Gasteiger partial charge in [-0.2, -0.15) is 0 Å². The minimum Gasteiger partial charge on any atom is -0.391 e. The van der Waals surface area contributed by atoms with Gasteiger partial charge in [0.2, 0.25) is 0 Å². The second kappa shape index (κ2) is 6.27. The van der Waals surface area contributed by atoms with E-state index in [9.17, 15) is 9.90 Å². The summed E-state index contributed by atoms with van der Waals surface area (Å²) in [6.07, 6.45) is 9.54. The van der Waals surface area contributed by atoms with Gasteiger partial charge in [0.15, 0.2) is 0 Å². The van der Waals surface area contributed by atoms with E-state index in [1.165, 1.54) is 29.7 Å². The molecule has 0 unspecified atom stereocenters. The molecule has 0 saturated heterocycles. The number of rotatable bonds is 2. The summed E-state index contributed by atoms with van der Waals surface area (Å²) in [7, 11) is 0. The van der Waals surface area contributed by atoms with E-state index >= 15 is 0 Å². The van der Waals surface area contributed by atoms with Crippen LogP contribution in [0, 0.1) is 0 Å². The lowest BCUT2D eigenvalue weighted by molar-refractivity contribution is 0.0720. The fraction of sp³-hybridized carbons (Fsp3) is 0.688. The van der Waals surface area contributed by atoms with Crippen LogP contribution in [-0.2, 0) is 12.8 Å². The van der Waals surface area contributed by atoms with Crippen molar-refractivity contribution in [3.8, 4) is 0 Å². The van der Waals surface area contributed by atoms with Gasteiger partial charge in [0.25, 0.3) is 5.91 Å². The molecule has 2 atom stereocenters. The monoisotopic (exact) mass is 293 g/mol. The number of aliphatic hydroxyl groups excluding tert-OH is 1. The molecular weight excluding hydrogens is 270 g/mol. The molecule has 0 bridgehead atoms. The lowest BCUT2D eigenvalue weighted by Crippen LogP contribution is -2.44. The molecule has 2 aliphatic carbocycles. The summed E-state index contributed by atoms with van der Waals surface area (Å²) >= 11 is 1.65. The number of aryl methyl sites for hydroxylation is 2. The lowest BCUT2D eigenvalue weighted by Gasteiger charge is -2.28. The van der Waals surface area contributed by atoms with Crippen molar-refractivity contribution < 1.29 is 9.90 Å². The second-order valence-electron chi connectivity index (χ2n) is 6.05. The highest BCUT2D eigenvalue weighted by atomic mass is 32.1. The van der Waals surface area contributed by atoms with Crippen LogP contribution in [0.15, 0.2) is 6.07 Å². The zero-order valence-electron chi connectivity index (χ0n) is 11.9. The number of aliphatic hydroxyl groups is 1. The molecule has 3 nitrogen and oxygen atoms in total. The first-order valence-corrected chi connectivity index (χ1v) is 8.66. The molecule has 1 heterocycles. The van der Waals surface area contributed by atoms with Gasteiger partial charge in [-0.15, -0.1) is 11.3 Å². The Bertz CT molecular complexity index is 459. The summed E-state index contributed by atoms with van der Waals surface area (Å²) in [5.41, 5.74) is 1.38. The van der Waals surface area contributed by atoms with Crippen LogP contribution in [0.4, 0.5) is 0 Å². The van der Waals surface area contributed by atoms with E-state index in [1.807, 2.05) is 0 Å². The van der Waals surface area contributed by atoms with Gasteiger partial charge in [-0.1, -0.05) is 19.3 Å². The van der Waals surface area contributed by atoms with Gasteiger partial charge < -0.3 is 10.4 Å². The average molecular weight is 293 g/mol. The van der Waals surface area contributed by atoms with Crippen molar-refractivity contribution in [1.82, 2.24) is 5.32 Å². The summed E-state index contributed by atoms with van der Waals surface area (Å²) in [5.74, 6) is 0.00836. The number of fused-ring (bicyclic) bond motifs is 1. The van der Waals surface area contributed by atoms with E-state index in [0.29, 0.717) is 0 Å². The fourth-order valence-electron chi connectivity index (χ4n) is 3.30.